The van der Waals surface area contributed by atoms with Gasteiger partial charge >= 0.3 is 0 Å². The Bertz CT molecular complexity index is 1500. The number of hydrogen-bond acceptors (Lipinski definition) is 8. The van der Waals surface area contributed by atoms with E-state index in [0.717, 1.165) is 22.5 Å². The molecule has 0 radical (unpaired) electrons. The van der Waals surface area contributed by atoms with Crippen LogP contribution in [0.1, 0.15) is 33.6 Å². The van der Waals surface area contributed by atoms with Crippen molar-refractivity contribution < 1.29 is 9.59 Å². The first-order valence-corrected chi connectivity index (χ1v) is 15.5. The second-order valence-electron chi connectivity index (χ2n) is 9.54. The minimum atomic E-state index is -0.235. The number of nitrogens with zero attached hydrogens (tertiary/aromatic N) is 4. The molecule has 0 aliphatic carbocycles. The Morgan fingerprint density at radius 1 is 0.619 bits per heavy atom. The van der Waals surface area contributed by atoms with Gasteiger partial charge in [-0.25, -0.2) is 9.97 Å². The van der Waals surface area contributed by atoms with Gasteiger partial charge in [0.15, 0.2) is 10.3 Å². The molecule has 8 nitrogen and oxygen atoms in total. The molecule has 0 fully saturated rings. The van der Waals surface area contributed by atoms with Gasteiger partial charge in [-0.1, -0.05) is 66.7 Å². The summed E-state index contributed by atoms with van der Waals surface area (Å²) in [7, 11) is 0. The molecule has 0 unspecified atom stereocenters. The molecule has 0 saturated heterocycles. The van der Waals surface area contributed by atoms with Crippen molar-refractivity contribution in [2.75, 3.05) is 36.0 Å². The lowest BCUT2D eigenvalue weighted by atomic mass is 10.1. The zero-order valence-corrected chi connectivity index (χ0v) is 24.7. The molecule has 3 aromatic carbocycles. The second kappa shape index (κ2) is 14.1. The average molecular weight is 597 g/mol. The van der Waals surface area contributed by atoms with E-state index >= 15 is 0 Å². The maximum absolute atomic E-state index is 13.8. The smallest absolute Gasteiger partial charge is 0.260 e. The number of aromatic nitrogens is 2. The summed E-state index contributed by atoms with van der Waals surface area (Å²) in [6.45, 7) is 1.71. The lowest BCUT2D eigenvalue weighted by molar-refractivity contribution is 0.0986. The maximum Gasteiger partial charge on any atom is 0.260 e. The molecular weight excluding hydrogens is 565 g/mol. The van der Waals surface area contributed by atoms with Crippen LogP contribution in [0.5, 0.6) is 0 Å². The average Bonchev–Trinajstić information content (AvgIpc) is 3.73. The fraction of sp³-hybridized carbons (Fsp3) is 0.188. The quantitative estimate of drug-likeness (QED) is 0.184. The number of carbonyl (C=O) groups is 2. The lowest BCUT2D eigenvalue weighted by Crippen LogP contribution is -2.34. The summed E-state index contributed by atoms with van der Waals surface area (Å²) >= 11 is 2.81. The minimum Gasteiger partial charge on any atom is -0.330 e. The van der Waals surface area contributed by atoms with Crippen LogP contribution in [-0.2, 0) is 0 Å². The van der Waals surface area contributed by atoms with Gasteiger partial charge in [-0.2, -0.15) is 0 Å². The van der Waals surface area contributed by atoms with Crippen molar-refractivity contribution in [2.24, 2.45) is 11.5 Å². The highest BCUT2D eigenvalue weighted by Gasteiger charge is 2.25. The molecule has 42 heavy (non-hydrogen) atoms. The number of rotatable bonds is 12. The van der Waals surface area contributed by atoms with E-state index in [0.29, 0.717) is 60.4 Å². The molecule has 0 spiro atoms. The summed E-state index contributed by atoms with van der Waals surface area (Å²) < 4.78 is 0. The molecule has 5 aromatic rings. The van der Waals surface area contributed by atoms with Gasteiger partial charge in [-0.3, -0.25) is 19.4 Å². The molecule has 2 aromatic heterocycles. The summed E-state index contributed by atoms with van der Waals surface area (Å²) in [5.41, 5.74) is 16.0. The Morgan fingerprint density at radius 3 is 1.45 bits per heavy atom. The van der Waals surface area contributed by atoms with Gasteiger partial charge in [-0.05, 0) is 44.1 Å². The molecule has 0 bridgehead atoms. The van der Waals surface area contributed by atoms with E-state index in [-0.39, 0.29) is 11.8 Å². The third-order valence-corrected chi connectivity index (χ3v) is 8.33. The van der Waals surface area contributed by atoms with Crippen molar-refractivity contribution >= 4 is 44.8 Å². The molecule has 214 valence electrons. The normalized spacial score (nSPS) is 10.9. The first-order chi connectivity index (χ1) is 20.6. The Balaban J connectivity index is 1.41. The molecule has 0 saturated carbocycles. The van der Waals surface area contributed by atoms with Crippen molar-refractivity contribution in [2.45, 2.75) is 12.8 Å². The first-order valence-electron chi connectivity index (χ1n) is 13.7. The van der Waals surface area contributed by atoms with Crippen molar-refractivity contribution in [3.63, 3.8) is 0 Å². The Labute approximate surface area is 253 Å². The standard InChI is InChI=1S/C32H32N6O2S2/c33-16-8-18-37(31-35-27(21-41-31)23-10-3-1-4-11-23)29(39)25-14-7-15-26(20-25)30(40)38(19-9-17-34)32-36-28(22-42-32)24-12-5-2-6-13-24/h1-7,10-15,20-22H,8-9,16-19,33-34H2. The largest absolute Gasteiger partial charge is 0.330 e. The second-order valence-corrected chi connectivity index (χ2v) is 11.2. The van der Waals surface area contributed by atoms with E-state index < -0.39 is 0 Å². The molecule has 2 heterocycles. The Kier molecular flexibility index (Phi) is 9.83. The summed E-state index contributed by atoms with van der Waals surface area (Å²) in [5.74, 6) is -0.470. The molecule has 0 aliphatic rings. The summed E-state index contributed by atoms with van der Waals surface area (Å²) in [5, 5.41) is 5.07. The molecule has 0 aliphatic heterocycles. The number of carbonyl (C=O) groups excluding carboxylic acids is 2. The molecule has 4 N–H and O–H groups in total. The van der Waals surface area contributed by atoms with Crippen LogP contribution in [0.4, 0.5) is 10.3 Å². The number of benzene rings is 3. The number of nitrogens with two attached hydrogens (primary N) is 2. The molecule has 2 amide bonds. The van der Waals surface area contributed by atoms with Crippen molar-refractivity contribution in [3.05, 3.63) is 107 Å². The highest BCUT2D eigenvalue weighted by molar-refractivity contribution is 7.14. The van der Waals surface area contributed by atoms with Crippen LogP contribution >= 0.6 is 22.7 Å². The molecule has 0 atom stereocenters. The Morgan fingerprint density at radius 2 is 1.05 bits per heavy atom. The fourth-order valence-corrected chi connectivity index (χ4v) is 6.14. The minimum absolute atomic E-state index is 0.235. The zero-order chi connectivity index (χ0) is 29.3. The number of hydrogen-bond donors (Lipinski definition) is 2. The van der Waals surface area contributed by atoms with Crippen molar-refractivity contribution in [3.8, 4) is 22.5 Å². The summed E-state index contributed by atoms with van der Waals surface area (Å²) in [4.78, 5) is 40.5. The molecule has 5 rings (SSSR count). The zero-order valence-electron chi connectivity index (χ0n) is 23.1. The summed E-state index contributed by atoms with van der Waals surface area (Å²) in [6.07, 6.45) is 1.23. The SMILES string of the molecule is NCCCN(C(=O)c1cccc(C(=O)N(CCCN)c2nc(-c3ccccc3)cs2)c1)c1nc(-c2ccccc2)cs1. The van der Waals surface area contributed by atoms with Gasteiger partial charge < -0.3 is 11.5 Å². The number of amides is 2. The van der Waals surface area contributed by atoms with Crippen LogP contribution in [0, 0.1) is 0 Å². The van der Waals surface area contributed by atoms with Gasteiger partial charge in [0.1, 0.15) is 0 Å². The topological polar surface area (TPSA) is 118 Å². The van der Waals surface area contributed by atoms with Crippen molar-refractivity contribution in [1.29, 1.82) is 0 Å². The Hall–Kier alpha value is -4.22. The fourth-order valence-electron chi connectivity index (χ4n) is 4.42. The highest BCUT2D eigenvalue weighted by Crippen LogP contribution is 2.30. The third kappa shape index (κ3) is 6.80. The van der Waals surface area contributed by atoms with E-state index in [2.05, 4.69) is 0 Å². The predicted octanol–water partition coefficient (Wildman–Crippen LogP) is 5.92. The molecular formula is C32H32N6O2S2. The van der Waals surface area contributed by atoms with Gasteiger partial charge in [0.05, 0.1) is 11.4 Å². The van der Waals surface area contributed by atoms with Crippen LogP contribution in [0.15, 0.2) is 95.7 Å². The molecule has 10 heteroatoms. The highest BCUT2D eigenvalue weighted by atomic mass is 32.1. The van der Waals surface area contributed by atoms with Crippen molar-refractivity contribution in [1.82, 2.24) is 9.97 Å². The van der Waals surface area contributed by atoms with Crippen LogP contribution in [0.2, 0.25) is 0 Å². The van der Waals surface area contributed by atoms with Crippen LogP contribution in [0.3, 0.4) is 0 Å². The maximum atomic E-state index is 13.8. The monoisotopic (exact) mass is 596 g/mol. The summed E-state index contributed by atoms with van der Waals surface area (Å²) in [6, 6.07) is 26.5. The van der Waals surface area contributed by atoms with Gasteiger partial charge in [0, 0.05) is 46.1 Å². The van der Waals surface area contributed by atoms with E-state index in [1.807, 2.05) is 71.4 Å². The van der Waals surface area contributed by atoms with Crippen LogP contribution in [-0.4, -0.2) is 48.0 Å². The predicted molar refractivity (Wildman–Crippen MR) is 172 cm³/mol. The van der Waals surface area contributed by atoms with Gasteiger partial charge in [0.25, 0.3) is 11.8 Å². The van der Waals surface area contributed by atoms with Gasteiger partial charge in [-0.15, -0.1) is 22.7 Å². The van der Waals surface area contributed by atoms with Gasteiger partial charge in [0.2, 0.25) is 0 Å². The number of thiazole rings is 2. The van der Waals surface area contributed by atoms with E-state index in [9.17, 15) is 9.59 Å². The number of anilines is 2. The van der Waals surface area contributed by atoms with E-state index in [4.69, 9.17) is 21.4 Å². The first kappa shape index (κ1) is 29.3. The lowest BCUT2D eigenvalue weighted by Gasteiger charge is -2.22. The van der Waals surface area contributed by atoms with E-state index in [1.54, 1.807) is 34.1 Å². The van der Waals surface area contributed by atoms with Crippen LogP contribution < -0.4 is 21.3 Å². The van der Waals surface area contributed by atoms with E-state index in [1.165, 1.54) is 22.7 Å². The third-order valence-electron chi connectivity index (χ3n) is 6.60. The van der Waals surface area contributed by atoms with Crippen LogP contribution in [0.25, 0.3) is 22.5 Å².